The highest BCUT2D eigenvalue weighted by molar-refractivity contribution is 9.10. The van der Waals surface area contributed by atoms with Gasteiger partial charge in [0.25, 0.3) is 0 Å². The highest BCUT2D eigenvalue weighted by atomic mass is 79.9. The molecular weight excluding hydrogens is 276 g/mol. The summed E-state index contributed by atoms with van der Waals surface area (Å²) in [6, 6.07) is 14.7. The largest absolute Gasteiger partial charge is 0.363 e. The van der Waals surface area contributed by atoms with Crippen molar-refractivity contribution in [1.82, 2.24) is 4.98 Å². The van der Waals surface area contributed by atoms with Gasteiger partial charge in [-0.05, 0) is 40.0 Å². The Kier molecular flexibility index (Phi) is 4.15. The SMILES string of the molecule is CCC(Nc1ccc(Br)cn1)c1ccccc1. The lowest BCUT2D eigenvalue weighted by Crippen LogP contribution is -2.10. The molecule has 1 N–H and O–H groups in total. The molecule has 2 aromatic rings. The third-order valence-electron chi connectivity index (χ3n) is 2.66. The molecule has 1 unspecified atom stereocenters. The second-order valence-corrected chi connectivity index (χ2v) is 4.79. The number of pyridine rings is 1. The molecule has 0 fully saturated rings. The van der Waals surface area contributed by atoms with Gasteiger partial charge in [0, 0.05) is 10.7 Å². The van der Waals surface area contributed by atoms with E-state index in [0.29, 0.717) is 6.04 Å². The van der Waals surface area contributed by atoms with Gasteiger partial charge in [-0.3, -0.25) is 0 Å². The van der Waals surface area contributed by atoms with E-state index in [1.54, 1.807) is 6.20 Å². The minimum atomic E-state index is 0.310. The number of hydrogen-bond acceptors (Lipinski definition) is 2. The van der Waals surface area contributed by atoms with Crippen LogP contribution in [-0.2, 0) is 0 Å². The summed E-state index contributed by atoms with van der Waals surface area (Å²) in [7, 11) is 0. The van der Waals surface area contributed by atoms with Crippen LogP contribution in [0.25, 0.3) is 0 Å². The van der Waals surface area contributed by atoms with Crippen molar-refractivity contribution in [2.75, 3.05) is 5.32 Å². The molecule has 2 rings (SSSR count). The molecule has 1 aromatic heterocycles. The normalized spacial score (nSPS) is 12.1. The lowest BCUT2D eigenvalue weighted by atomic mass is 10.0. The van der Waals surface area contributed by atoms with Crippen molar-refractivity contribution < 1.29 is 0 Å². The van der Waals surface area contributed by atoms with Crippen molar-refractivity contribution in [3.63, 3.8) is 0 Å². The first-order valence-electron chi connectivity index (χ1n) is 5.72. The molecule has 17 heavy (non-hydrogen) atoms. The van der Waals surface area contributed by atoms with E-state index in [0.717, 1.165) is 16.7 Å². The number of halogens is 1. The topological polar surface area (TPSA) is 24.9 Å². The molecule has 0 aliphatic heterocycles. The Balaban J connectivity index is 2.13. The van der Waals surface area contributed by atoms with E-state index >= 15 is 0 Å². The van der Waals surface area contributed by atoms with E-state index in [-0.39, 0.29) is 0 Å². The predicted molar refractivity (Wildman–Crippen MR) is 75.0 cm³/mol. The summed E-state index contributed by atoms with van der Waals surface area (Å²) < 4.78 is 0.996. The second kappa shape index (κ2) is 5.82. The molecule has 0 aliphatic rings. The first-order valence-corrected chi connectivity index (χ1v) is 6.52. The van der Waals surface area contributed by atoms with Gasteiger partial charge in [-0.1, -0.05) is 37.3 Å². The molecule has 1 atom stereocenters. The number of anilines is 1. The Hall–Kier alpha value is -1.35. The predicted octanol–water partition coefficient (Wildman–Crippen LogP) is 4.41. The second-order valence-electron chi connectivity index (χ2n) is 3.88. The number of benzene rings is 1. The van der Waals surface area contributed by atoms with Crippen LogP contribution in [0.4, 0.5) is 5.82 Å². The summed E-state index contributed by atoms with van der Waals surface area (Å²) in [5, 5.41) is 3.44. The average Bonchev–Trinajstić information content (AvgIpc) is 2.39. The van der Waals surface area contributed by atoms with Gasteiger partial charge in [0.15, 0.2) is 0 Å². The quantitative estimate of drug-likeness (QED) is 0.902. The molecule has 0 radical (unpaired) electrons. The van der Waals surface area contributed by atoms with Crippen LogP contribution in [0.1, 0.15) is 24.9 Å². The van der Waals surface area contributed by atoms with Gasteiger partial charge in [0.05, 0.1) is 6.04 Å². The van der Waals surface area contributed by atoms with Gasteiger partial charge in [0.2, 0.25) is 0 Å². The number of rotatable bonds is 4. The zero-order valence-corrected chi connectivity index (χ0v) is 11.3. The summed E-state index contributed by atoms with van der Waals surface area (Å²) in [6.07, 6.45) is 2.84. The zero-order valence-electron chi connectivity index (χ0n) is 9.73. The summed E-state index contributed by atoms with van der Waals surface area (Å²) in [6.45, 7) is 2.17. The maximum Gasteiger partial charge on any atom is 0.126 e. The number of nitrogens with zero attached hydrogens (tertiary/aromatic N) is 1. The van der Waals surface area contributed by atoms with Crippen LogP contribution >= 0.6 is 15.9 Å². The summed E-state index contributed by atoms with van der Waals surface area (Å²) in [4.78, 5) is 4.33. The first kappa shape index (κ1) is 12.1. The Morgan fingerprint density at radius 3 is 2.53 bits per heavy atom. The van der Waals surface area contributed by atoms with Gasteiger partial charge >= 0.3 is 0 Å². The fraction of sp³-hybridized carbons (Fsp3) is 0.214. The van der Waals surface area contributed by atoms with Crippen molar-refractivity contribution in [3.8, 4) is 0 Å². The highest BCUT2D eigenvalue weighted by Gasteiger charge is 2.08. The van der Waals surface area contributed by atoms with Crippen molar-refractivity contribution in [1.29, 1.82) is 0 Å². The summed E-state index contributed by atoms with van der Waals surface area (Å²) >= 11 is 3.38. The van der Waals surface area contributed by atoms with Gasteiger partial charge in [-0.2, -0.15) is 0 Å². The Morgan fingerprint density at radius 2 is 1.94 bits per heavy atom. The van der Waals surface area contributed by atoms with Gasteiger partial charge in [-0.25, -0.2) is 4.98 Å². The minimum Gasteiger partial charge on any atom is -0.363 e. The molecule has 0 saturated carbocycles. The molecule has 1 aromatic carbocycles. The van der Waals surface area contributed by atoms with Crippen LogP contribution in [0.5, 0.6) is 0 Å². The molecule has 1 heterocycles. The number of aromatic nitrogens is 1. The van der Waals surface area contributed by atoms with E-state index in [1.165, 1.54) is 5.56 Å². The van der Waals surface area contributed by atoms with E-state index in [4.69, 9.17) is 0 Å². The summed E-state index contributed by atoms with van der Waals surface area (Å²) in [5.41, 5.74) is 1.29. The standard InChI is InChI=1S/C14H15BrN2/c1-2-13(11-6-4-3-5-7-11)17-14-9-8-12(15)10-16-14/h3-10,13H,2H2,1H3,(H,16,17). The van der Waals surface area contributed by atoms with Crippen molar-refractivity contribution in [2.24, 2.45) is 0 Å². The Morgan fingerprint density at radius 1 is 1.18 bits per heavy atom. The van der Waals surface area contributed by atoms with E-state index in [9.17, 15) is 0 Å². The monoisotopic (exact) mass is 290 g/mol. The van der Waals surface area contributed by atoms with Crippen LogP contribution in [0.15, 0.2) is 53.1 Å². The number of nitrogens with one attached hydrogen (secondary N) is 1. The van der Waals surface area contributed by atoms with Crippen LogP contribution in [0.3, 0.4) is 0 Å². The minimum absolute atomic E-state index is 0.310. The maximum absolute atomic E-state index is 4.33. The molecule has 0 bridgehead atoms. The molecule has 3 heteroatoms. The fourth-order valence-corrected chi connectivity index (χ4v) is 1.98. The zero-order chi connectivity index (χ0) is 12.1. The van der Waals surface area contributed by atoms with E-state index in [1.807, 2.05) is 18.2 Å². The highest BCUT2D eigenvalue weighted by Crippen LogP contribution is 2.21. The molecule has 0 amide bonds. The smallest absolute Gasteiger partial charge is 0.126 e. The lowest BCUT2D eigenvalue weighted by molar-refractivity contribution is 0.744. The van der Waals surface area contributed by atoms with Crippen molar-refractivity contribution >= 4 is 21.7 Å². The molecule has 2 nitrogen and oxygen atoms in total. The molecular formula is C14H15BrN2. The molecule has 0 saturated heterocycles. The van der Waals surface area contributed by atoms with E-state index in [2.05, 4.69) is 57.4 Å². The number of hydrogen-bond donors (Lipinski definition) is 1. The third kappa shape index (κ3) is 3.30. The van der Waals surface area contributed by atoms with E-state index < -0.39 is 0 Å². The lowest BCUT2D eigenvalue weighted by Gasteiger charge is -2.17. The fourth-order valence-electron chi connectivity index (χ4n) is 1.75. The molecule has 88 valence electrons. The van der Waals surface area contributed by atoms with Crippen LogP contribution in [0.2, 0.25) is 0 Å². The Labute approximate surface area is 110 Å². The maximum atomic E-state index is 4.33. The van der Waals surface area contributed by atoms with Crippen molar-refractivity contribution in [3.05, 3.63) is 58.7 Å². The van der Waals surface area contributed by atoms with Crippen molar-refractivity contribution in [2.45, 2.75) is 19.4 Å². The molecule has 0 aliphatic carbocycles. The summed E-state index contributed by atoms with van der Waals surface area (Å²) in [5.74, 6) is 0.906. The average molecular weight is 291 g/mol. The Bertz CT molecular complexity index is 453. The van der Waals surface area contributed by atoms with Crippen LogP contribution < -0.4 is 5.32 Å². The van der Waals surface area contributed by atoms with Gasteiger partial charge < -0.3 is 5.32 Å². The van der Waals surface area contributed by atoms with Gasteiger partial charge in [0.1, 0.15) is 5.82 Å². The first-order chi connectivity index (χ1) is 8.29. The molecule has 0 spiro atoms. The van der Waals surface area contributed by atoms with Crippen LogP contribution in [0, 0.1) is 0 Å². The van der Waals surface area contributed by atoms with Gasteiger partial charge in [-0.15, -0.1) is 0 Å². The third-order valence-corrected chi connectivity index (χ3v) is 3.13. The van der Waals surface area contributed by atoms with Crippen LogP contribution in [-0.4, -0.2) is 4.98 Å².